The number of hydrogen-bond donors (Lipinski definition) is 1. The van der Waals surface area contributed by atoms with Gasteiger partial charge >= 0.3 is 5.97 Å². The minimum Gasteiger partial charge on any atom is -0.464 e. The Bertz CT molecular complexity index is 442. The van der Waals surface area contributed by atoms with E-state index in [0.29, 0.717) is 6.61 Å². The van der Waals surface area contributed by atoms with E-state index < -0.39 is 5.54 Å². The molecule has 0 aliphatic carbocycles. The number of rotatable bonds is 4. The molecule has 1 unspecified atom stereocenters. The van der Waals surface area contributed by atoms with Gasteiger partial charge in [-0.2, -0.15) is 11.8 Å². The lowest BCUT2D eigenvalue weighted by Crippen LogP contribution is -2.51. The van der Waals surface area contributed by atoms with Gasteiger partial charge in [-0.3, -0.25) is 0 Å². The van der Waals surface area contributed by atoms with Crippen LogP contribution in [0.1, 0.15) is 25.3 Å². The first-order valence-electron chi connectivity index (χ1n) is 6.77. The smallest absolute Gasteiger partial charge is 0.332 e. The van der Waals surface area contributed by atoms with Crippen molar-refractivity contribution in [2.75, 3.05) is 23.4 Å². The standard InChI is InChI=1S/C15H21NO2S/c1-3-18-14(17)15(9-6-10-19-11-15)16-13-8-5-4-7-12(13)2/h4-5,7-8,16H,3,6,9-11H2,1-2H3. The molecule has 0 aromatic heterocycles. The first kappa shape index (κ1) is 14.3. The Labute approximate surface area is 119 Å². The molecule has 3 nitrogen and oxygen atoms in total. The van der Waals surface area contributed by atoms with E-state index in [2.05, 4.69) is 18.3 Å². The van der Waals surface area contributed by atoms with E-state index in [0.717, 1.165) is 35.6 Å². The highest BCUT2D eigenvalue weighted by atomic mass is 32.2. The molecule has 0 saturated carbocycles. The molecule has 0 amide bonds. The fourth-order valence-corrected chi connectivity index (χ4v) is 3.52. The molecular weight excluding hydrogens is 258 g/mol. The van der Waals surface area contributed by atoms with Gasteiger partial charge in [0, 0.05) is 11.4 Å². The normalized spacial score (nSPS) is 22.8. The number of nitrogens with one attached hydrogen (secondary N) is 1. The quantitative estimate of drug-likeness (QED) is 0.859. The molecule has 0 radical (unpaired) electrons. The lowest BCUT2D eigenvalue weighted by atomic mass is 9.94. The maximum Gasteiger partial charge on any atom is 0.332 e. The van der Waals surface area contributed by atoms with Gasteiger partial charge in [0.05, 0.1) is 6.61 Å². The first-order chi connectivity index (χ1) is 9.18. The Balaban J connectivity index is 2.23. The van der Waals surface area contributed by atoms with Crippen molar-refractivity contribution in [3.05, 3.63) is 29.8 Å². The molecule has 1 atom stereocenters. The molecule has 19 heavy (non-hydrogen) atoms. The molecule has 1 saturated heterocycles. The van der Waals surface area contributed by atoms with Crippen LogP contribution < -0.4 is 5.32 Å². The van der Waals surface area contributed by atoms with Crippen LogP contribution >= 0.6 is 11.8 Å². The van der Waals surface area contributed by atoms with Crippen molar-refractivity contribution < 1.29 is 9.53 Å². The number of benzene rings is 1. The molecule has 0 spiro atoms. The summed E-state index contributed by atoms with van der Waals surface area (Å²) in [7, 11) is 0. The Morgan fingerprint density at radius 3 is 2.89 bits per heavy atom. The maximum atomic E-state index is 12.3. The van der Waals surface area contributed by atoms with Gasteiger partial charge in [-0.25, -0.2) is 4.79 Å². The highest BCUT2D eigenvalue weighted by molar-refractivity contribution is 7.99. The second-order valence-corrected chi connectivity index (χ2v) is 6.00. The van der Waals surface area contributed by atoms with Gasteiger partial charge < -0.3 is 10.1 Å². The highest BCUT2D eigenvalue weighted by Gasteiger charge is 2.41. The number of para-hydroxylation sites is 1. The van der Waals surface area contributed by atoms with Crippen LogP contribution in [0.5, 0.6) is 0 Å². The van der Waals surface area contributed by atoms with Crippen LogP contribution in [-0.2, 0) is 9.53 Å². The van der Waals surface area contributed by atoms with Crippen molar-refractivity contribution in [2.45, 2.75) is 32.2 Å². The number of esters is 1. The van der Waals surface area contributed by atoms with Gasteiger partial charge in [0.15, 0.2) is 0 Å². The van der Waals surface area contributed by atoms with Gasteiger partial charge in [-0.15, -0.1) is 0 Å². The van der Waals surface area contributed by atoms with Crippen LogP contribution in [0.25, 0.3) is 0 Å². The summed E-state index contributed by atoms with van der Waals surface area (Å²) < 4.78 is 5.28. The van der Waals surface area contributed by atoms with Crippen molar-refractivity contribution in [1.82, 2.24) is 0 Å². The summed E-state index contributed by atoms with van der Waals surface area (Å²) in [6.45, 7) is 4.34. The van der Waals surface area contributed by atoms with Crippen LogP contribution in [0.15, 0.2) is 24.3 Å². The molecular formula is C15H21NO2S. The van der Waals surface area contributed by atoms with Crippen LogP contribution in [0, 0.1) is 6.92 Å². The number of carbonyl (C=O) groups is 1. The summed E-state index contributed by atoms with van der Waals surface area (Å²) in [4.78, 5) is 12.3. The van der Waals surface area contributed by atoms with E-state index in [1.165, 1.54) is 0 Å². The summed E-state index contributed by atoms with van der Waals surface area (Å²) in [6, 6.07) is 8.07. The molecule has 1 aromatic carbocycles. The van der Waals surface area contributed by atoms with E-state index >= 15 is 0 Å². The summed E-state index contributed by atoms with van der Waals surface area (Å²) >= 11 is 1.82. The summed E-state index contributed by atoms with van der Waals surface area (Å²) in [5, 5.41) is 3.45. The van der Waals surface area contributed by atoms with Crippen molar-refractivity contribution in [3.8, 4) is 0 Å². The summed E-state index contributed by atoms with van der Waals surface area (Å²) in [5.74, 6) is 1.78. The third kappa shape index (κ3) is 3.24. The summed E-state index contributed by atoms with van der Waals surface area (Å²) in [5.41, 5.74) is 1.62. The topological polar surface area (TPSA) is 38.3 Å². The third-order valence-corrected chi connectivity index (χ3v) is 4.70. The third-order valence-electron chi connectivity index (χ3n) is 3.43. The molecule has 1 heterocycles. The number of carbonyl (C=O) groups excluding carboxylic acids is 1. The van der Waals surface area contributed by atoms with Crippen molar-refractivity contribution >= 4 is 23.4 Å². The van der Waals surface area contributed by atoms with Crippen LogP contribution in [0.3, 0.4) is 0 Å². The predicted octanol–water partition coefficient (Wildman–Crippen LogP) is 3.24. The van der Waals surface area contributed by atoms with Gasteiger partial charge in [0.1, 0.15) is 5.54 Å². The Hall–Kier alpha value is -1.16. The van der Waals surface area contributed by atoms with Gasteiger partial charge in [0.2, 0.25) is 0 Å². The fraction of sp³-hybridized carbons (Fsp3) is 0.533. The molecule has 1 fully saturated rings. The van der Waals surface area contributed by atoms with E-state index in [4.69, 9.17) is 4.74 Å². The number of anilines is 1. The van der Waals surface area contributed by atoms with E-state index in [1.54, 1.807) is 0 Å². The minimum atomic E-state index is -0.564. The number of aryl methyl sites for hydroxylation is 1. The number of ether oxygens (including phenoxy) is 1. The van der Waals surface area contributed by atoms with Gasteiger partial charge in [-0.1, -0.05) is 18.2 Å². The zero-order valence-corrected chi connectivity index (χ0v) is 12.4. The van der Waals surface area contributed by atoms with Gasteiger partial charge in [-0.05, 0) is 44.1 Å². The lowest BCUT2D eigenvalue weighted by molar-refractivity contribution is -0.148. The first-order valence-corrected chi connectivity index (χ1v) is 7.92. The predicted molar refractivity (Wildman–Crippen MR) is 80.7 cm³/mol. The Morgan fingerprint density at radius 2 is 2.26 bits per heavy atom. The molecule has 1 aliphatic heterocycles. The second-order valence-electron chi connectivity index (χ2n) is 4.90. The van der Waals surface area contributed by atoms with E-state index in [-0.39, 0.29) is 5.97 Å². The maximum absolute atomic E-state index is 12.3. The van der Waals surface area contributed by atoms with Crippen LogP contribution in [-0.4, -0.2) is 29.6 Å². The lowest BCUT2D eigenvalue weighted by Gasteiger charge is -2.36. The van der Waals surface area contributed by atoms with E-state index in [9.17, 15) is 4.79 Å². The second kappa shape index (κ2) is 6.33. The van der Waals surface area contributed by atoms with Crippen molar-refractivity contribution in [2.24, 2.45) is 0 Å². The zero-order valence-electron chi connectivity index (χ0n) is 11.6. The molecule has 104 valence electrons. The Morgan fingerprint density at radius 1 is 1.47 bits per heavy atom. The highest BCUT2D eigenvalue weighted by Crippen LogP contribution is 2.32. The fourth-order valence-electron chi connectivity index (χ4n) is 2.35. The number of thioether (sulfide) groups is 1. The zero-order chi connectivity index (χ0) is 13.7. The minimum absolute atomic E-state index is 0.120. The molecule has 2 rings (SSSR count). The molecule has 1 aromatic rings. The summed E-state index contributed by atoms with van der Waals surface area (Å²) in [6.07, 6.45) is 1.88. The monoisotopic (exact) mass is 279 g/mol. The van der Waals surface area contributed by atoms with Crippen LogP contribution in [0.4, 0.5) is 5.69 Å². The largest absolute Gasteiger partial charge is 0.464 e. The van der Waals surface area contributed by atoms with Crippen LogP contribution in [0.2, 0.25) is 0 Å². The van der Waals surface area contributed by atoms with Gasteiger partial charge in [0.25, 0.3) is 0 Å². The SMILES string of the molecule is CCOC(=O)C1(Nc2ccccc2C)CCCSC1. The Kier molecular flexibility index (Phi) is 4.75. The molecule has 0 bridgehead atoms. The average molecular weight is 279 g/mol. The number of hydrogen-bond acceptors (Lipinski definition) is 4. The molecule has 1 aliphatic rings. The van der Waals surface area contributed by atoms with Crippen molar-refractivity contribution in [1.29, 1.82) is 0 Å². The van der Waals surface area contributed by atoms with E-state index in [1.807, 2.05) is 36.9 Å². The molecule has 4 heteroatoms. The van der Waals surface area contributed by atoms with Crippen molar-refractivity contribution in [3.63, 3.8) is 0 Å². The average Bonchev–Trinajstić information content (AvgIpc) is 2.43. The molecule has 1 N–H and O–H groups in total.